The number of carbonyl (C=O) groups excluding carboxylic acids is 4. The number of aliphatic carboxylic acids is 1. The highest BCUT2D eigenvalue weighted by Crippen LogP contribution is 2.40. The third kappa shape index (κ3) is 7.08. The molecule has 14 heteroatoms. The van der Waals surface area contributed by atoms with Crippen molar-refractivity contribution in [2.45, 2.75) is 57.2 Å². The maximum Gasteiger partial charge on any atom is 0.353 e. The molecule has 2 aromatic rings. The van der Waals surface area contributed by atoms with Crippen molar-refractivity contribution in [2.75, 3.05) is 12.4 Å². The largest absolute Gasteiger partial charge is 0.477 e. The quantitative estimate of drug-likeness (QED) is 0.175. The number of hydrogen-bond donors (Lipinski definition) is 2. The number of hydrogen-bond acceptors (Lipinski definition) is 11. The van der Waals surface area contributed by atoms with Crippen molar-refractivity contribution in [3.05, 3.63) is 71.3 Å². The standard InChI is InChI=1S/C29H31N3O10S/c1-28(2,3)41-27(38)29(4,5)42-31-19(18-12-9-13-39-18)22(33)30-20-23(34)32-21(25(35)36)17(15-43-24(20)32)14-40-26(37)16-10-7-6-8-11-16/h6-13,20,24H,14-15H2,1-5H3,(H,30,33)(H,35,36)/t20-,24-/m1/s1. The number of furan rings is 1. The lowest BCUT2D eigenvalue weighted by Gasteiger charge is -2.49. The van der Waals surface area contributed by atoms with Gasteiger partial charge in [-0.15, -0.1) is 11.8 Å². The average molecular weight is 614 g/mol. The van der Waals surface area contributed by atoms with Crippen LogP contribution in [0.4, 0.5) is 0 Å². The Morgan fingerprint density at radius 2 is 1.79 bits per heavy atom. The van der Waals surface area contributed by atoms with Gasteiger partial charge in [0.1, 0.15) is 29.3 Å². The number of ether oxygens (including phenoxy) is 2. The van der Waals surface area contributed by atoms with Crippen LogP contribution in [0.5, 0.6) is 0 Å². The van der Waals surface area contributed by atoms with E-state index in [1.54, 1.807) is 51.1 Å². The molecule has 1 fully saturated rings. The summed E-state index contributed by atoms with van der Waals surface area (Å²) < 4.78 is 16.0. The monoisotopic (exact) mass is 613 g/mol. The lowest BCUT2D eigenvalue weighted by molar-refractivity contribution is -0.179. The number of fused-ring (bicyclic) bond motifs is 1. The van der Waals surface area contributed by atoms with Crippen molar-refractivity contribution in [3.8, 4) is 0 Å². The molecule has 4 rings (SSSR count). The van der Waals surface area contributed by atoms with E-state index >= 15 is 0 Å². The summed E-state index contributed by atoms with van der Waals surface area (Å²) in [7, 11) is 0. The first-order valence-electron chi connectivity index (χ1n) is 13.2. The zero-order valence-electron chi connectivity index (χ0n) is 24.1. The van der Waals surface area contributed by atoms with Gasteiger partial charge in [-0.3, -0.25) is 14.5 Å². The average Bonchev–Trinajstić information content (AvgIpc) is 3.48. The van der Waals surface area contributed by atoms with Gasteiger partial charge in [-0.05, 0) is 58.9 Å². The van der Waals surface area contributed by atoms with Crippen LogP contribution in [-0.4, -0.2) is 80.4 Å². The van der Waals surface area contributed by atoms with E-state index in [2.05, 4.69) is 10.5 Å². The number of amides is 2. The Bertz CT molecular complexity index is 1480. The number of carboxylic acids is 1. The van der Waals surface area contributed by atoms with Crippen LogP contribution in [0.3, 0.4) is 0 Å². The Labute approximate surface area is 251 Å². The smallest absolute Gasteiger partial charge is 0.353 e. The van der Waals surface area contributed by atoms with Crippen LogP contribution >= 0.6 is 11.8 Å². The van der Waals surface area contributed by atoms with E-state index in [1.165, 1.54) is 44.0 Å². The fourth-order valence-corrected chi connectivity index (χ4v) is 5.35. The molecule has 228 valence electrons. The number of esters is 2. The van der Waals surface area contributed by atoms with E-state index in [9.17, 15) is 29.1 Å². The summed E-state index contributed by atoms with van der Waals surface area (Å²) in [5, 5.41) is 15.6. The molecule has 0 spiro atoms. The Balaban J connectivity index is 1.48. The summed E-state index contributed by atoms with van der Waals surface area (Å²) in [4.78, 5) is 70.0. The van der Waals surface area contributed by atoms with Crippen molar-refractivity contribution in [1.82, 2.24) is 10.2 Å². The molecule has 2 atom stereocenters. The molecule has 2 aliphatic rings. The second kappa shape index (κ2) is 12.3. The van der Waals surface area contributed by atoms with Gasteiger partial charge in [0.05, 0.1) is 11.8 Å². The van der Waals surface area contributed by atoms with Gasteiger partial charge in [0.25, 0.3) is 11.8 Å². The second-order valence-corrected chi connectivity index (χ2v) is 12.2. The van der Waals surface area contributed by atoms with Crippen LogP contribution in [0.2, 0.25) is 0 Å². The number of benzene rings is 1. The number of β-lactam (4-membered cyclic amide) rings is 1. The maximum absolute atomic E-state index is 13.3. The van der Waals surface area contributed by atoms with Crippen molar-refractivity contribution < 1.29 is 47.8 Å². The third-order valence-corrected chi connectivity index (χ3v) is 7.49. The summed E-state index contributed by atoms with van der Waals surface area (Å²) in [6.45, 7) is 7.60. The lowest BCUT2D eigenvalue weighted by Crippen LogP contribution is -2.71. The van der Waals surface area contributed by atoms with Gasteiger partial charge < -0.3 is 29.2 Å². The number of oxime groups is 1. The van der Waals surface area contributed by atoms with Crippen LogP contribution in [-0.2, 0) is 33.5 Å². The molecule has 43 heavy (non-hydrogen) atoms. The molecular weight excluding hydrogens is 582 g/mol. The van der Waals surface area contributed by atoms with E-state index in [0.29, 0.717) is 5.56 Å². The second-order valence-electron chi connectivity index (χ2n) is 11.1. The van der Waals surface area contributed by atoms with Crippen LogP contribution in [0, 0.1) is 0 Å². The zero-order chi connectivity index (χ0) is 31.5. The molecule has 2 aliphatic heterocycles. The SMILES string of the molecule is CC(C)(C)OC(=O)C(C)(C)ON=C(C(=O)N[C@@H]1C(=O)N2C(C(=O)O)=C(COC(=O)c3ccccc3)CS[C@H]12)c1ccco1. The van der Waals surface area contributed by atoms with Crippen molar-refractivity contribution in [1.29, 1.82) is 0 Å². The first kappa shape index (κ1) is 31.3. The molecule has 0 unspecified atom stereocenters. The minimum Gasteiger partial charge on any atom is -0.477 e. The number of nitrogens with one attached hydrogen (secondary N) is 1. The Morgan fingerprint density at radius 1 is 1.09 bits per heavy atom. The third-order valence-electron chi connectivity index (χ3n) is 6.15. The van der Waals surface area contributed by atoms with Crippen molar-refractivity contribution in [2.24, 2.45) is 5.16 Å². The number of carboxylic acid groups (broad SMARTS) is 1. The van der Waals surface area contributed by atoms with Crippen LogP contribution in [0.15, 0.2) is 69.6 Å². The van der Waals surface area contributed by atoms with Gasteiger partial charge >= 0.3 is 17.9 Å². The highest BCUT2D eigenvalue weighted by Gasteiger charge is 2.54. The molecule has 0 bridgehead atoms. The van der Waals surface area contributed by atoms with Gasteiger partial charge in [0.2, 0.25) is 11.3 Å². The summed E-state index contributed by atoms with van der Waals surface area (Å²) in [6.07, 6.45) is 1.31. The molecule has 1 saturated heterocycles. The first-order chi connectivity index (χ1) is 20.2. The normalized spacial score (nSPS) is 18.8. The molecule has 2 amide bonds. The number of carbonyl (C=O) groups is 5. The Kier molecular flexibility index (Phi) is 8.99. The highest BCUT2D eigenvalue weighted by atomic mass is 32.2. The summed E-state index contributed by atoms with van der Waals surface area (Å²) in [6, 6.07) is 10.1. The van der Waals surface area contributed by atoms with Crippen LogP contribution in [0.1, 0.15) is 50.7 Å². The predicted octanol–water partition coefficient (Wildman–Crippen LogP) is 2.72. The topological polar surface area (TPSA) is 174 Å². The number of nitrogens with zero attached hydrogens (tertiary/aromatic N) is 2. The molecular formula is C29H31N3O10S. The van der Waals surface area contributed by atoms with Gasteiger partial charge in [-0.2, -0.15) is 0 Å². The van der Waals surface area contributed by atoms with E-state index in [1.807, 2.05) is 0 Å². The van der Waals surface area contributed by atoms with E-state index in [0.717, 1.165) is 4.90 Å². The predicted molar refractivity (Wildman–Crippen MR) is 153 cm³/mol. The van der Waals surface area contributed by atoms with Gasteiger partial charge in [0, 0.05) is 11.3 Å². The molecule has 1 aromatic carbocycles. The summed E-state index contributed by atoms with van der Waals surface area (Å²) in [5.41, 5.74) is -2.47. The minimum absolute atomic E-state index is 0.00561. The van der Waals surface area contributed by atoms with E-state index in [4.69, 9.17) is 18.7 Å². The van der Waals surface area contributed by atoms with Gasteiger partial charge in [0.15, 0.2) is 5.76 Å². The lowest BCUT2D eigenvalue weighted by atomic mass is 10.0. The van der Waals surface area contributed by atoms with E-state index in [-0.39, 0.29) is 35.1 Å². The maximum atomic E-state index is 13.3. The van der Waals surface area contributed by atoms with Crippen molar-refractivity contribution in [3.63, 3.8) is 0 Å². The summed E-state index contributed by atoms with van der Waals surface area (Å²) in [5.74, 6) is -4.11. The zero-order valence-corrected chi connectivity index (χ0v) is 24.9. The van der Waals surface area contributed by atoms with Gasteiger partial charge in [-0.25, -0.2) is 14.4 Å². The minimum atomic E-state index is -1.57. The number of thioether (sulfide) groups is 1. The molecule has 0 aliphatic carbocycles. The van der Waals surface area contributed by atoms with Crippen molar-refractivity contribution >= 4 is 47.2 Å². The molecule has 0 saturated carbocycles. The molecule has 0 radical (unpaired) electrons. The summed E-state index contributed by atoms with van der Waals surface area (Å²) >= 11 is 1.20. The molecule has 3 heterocycles. The highest BCUT2D eigenvalue weighted by molar-refractivity contribution is 8.00. The number of rotatable bonds is 10. The Morgan fingerprint density at radius 3 is 2.40 bits per heavy atom. The fourth-order valence-electron chi connectivity index (χ4n) is 4.02. The first-order valence-corrected chi connectivity index (χ1v) is 14.2. The Hall–Kier alpha value is -4.59. The molecule has 1 aromatic heterocycles. The van der Waals surface area contributed by atoms with E-state index < -0.39 is 52.3 Å². The molecule has 2 N–H and O–H groups in total. The fraction of sp³-hybridized carbons (Fsp3) is 0.379. The molecule has 13 nitrogen and oxygen atoms in total. The van der Waals surface area contributed by atoms with Crippen LogP contribution in [0.25, 0.3) is 0 Å². The van der Waals surface area contributed by atoms with Crippen LogP contribution < -0.4 is 5.32 Å². The van der Waals surface area contributed by atoms with Gasteiger partial charge in [-0.1, -0.05) is 23.4 Å².